The third kappa shape index (κ3) is 7.69. The van der Waals surface area contributed by atoms with E-state index in [4.69, 9.17) is 4.74 Å². The Bertz CT molecular complexity index is 199. The van der Waals surface area contributed by atoms with Crippen molar-refractivity contribution in [3.8, 4) is 0 Å². The average Bonchev–Trinajstić information content (AvgIpc) is 2.24. The summed E-state index contributed by atoms with van der Waals surface area (Å²) in [7, 11) is 1.77. The lowest BCUT2D eigenvalue weighted by molar-refractivity contribution is 0.174. The minimum atomic E-state index is 0.222. The predicted octanol–water partition coefficient (Wildman–Crippen LogP) is 4.06. The van der Waals surface area contributed by atoms with Gasteiger partial charge in [-0.3, -0.25) is 0 Å². The molecule has 0 aromatic heterocycles. The van der Waals surface area contributed by atoms with Gasteiger partial charge in [0.1, 0.15) is 0 Å². The van der Waals surface area contributed by atoms with Crippen molar-refractivity contribution in [3.05, 3.63) is 24.3 Å². The highest BCUT2D eigenvalue weighted by Crippen LogP contribution is 2.26. The standard InChI is InChI=1S/C13H24OS/c1-5-6-7-8-9-10-11-13(2,15-4)12-14-3/h6-7,9-10H,5,8,11-12H2,1-4H3/b7-6-,10-9-. The van der Waals surface area contributed by atoms with Gasteiger partial charge in [0, 0.05) is 11.9 Å². The van der Waals surface area contributed by atoms with Gasteiger partial charge < -0.3 is 4.74 Å². The quantitative estimate of drug-likeness (QED) is 0.579. The lowest BCUT2D eigenvalue weighted by atomic mass is 10.1. The first-order valence-corrected chi connectivity index (χ1v) is 6.75. The fourth-order valence-corrected chi connectivity index (χ4v) is 1.78. The van der Waals surface area contributed by atoms with E-state index in [2.05, 4.69) is 44.4 Å². The number of thioether (sulfide) groups is 1. The molecule has 15 heavy (non-hydrogen) atoms. The molecule has 0 aliphatic heterocycles. The predicted molar refractivity (Wildman–Crippen MR) is 71.6 cm³/mol. The summed E-state index contributed by atoms with van der Waals surface area (Å²) >= 11 is 1.87. The molecule has 0 heterocycles. The third-order valence-electron chi connectivity index (χ3n) is 2.33. The zero-order chi connectivity index (χ0) is 11.6. The van der Waals surface area contributed by atoms with Gasteiger partial charge in [0.25, 0.3) is 0 Å². The van der Waals surface area contributed by atoms with Crippen LogP contribution in [0.3, 0.4) is 0 Å². The van der Waals surface area contributed by atoms with Crippen molar-refractivity contribution < 1.29 is 4.74 Å². The highest BCUT2D eigenvalue weighted by atomic mass is 32.2. The molecule has 0 aliphatic rings. The zero-order valence-electron chi connectivity index (χ0n) is 10.5. The van der Waals surface area contributed by atoms with Gasteiger partial charge >= 0.3 is 0 Å². The Morgan fingerprint density at radius 3 is 2.40 bits per heavy atom. The molecule has 1 nitrogen and oxygen atoms in total. The molecule has 0 saturated heterocycles. The van der Waals surface area contributed by atoms with Crippen molar-refractivity contribution in [2.45, 2.75) is 37.9 Å². The molecule has 0 N–H and O–H groups in total. The average molecular weight is 228 g/mol. The van der Waals surface area contributed by atoms with E-state index in [1.54, 1.807) is 7.11 Å². The Labute approximate surface area is 99.0 Å². The lowest BCUT2D eigenvalue weighted by Crippen LogP contribution is -2.25. The van der Waals surface area contributed by atoms with Crippen molar-refractivity contribution in [1.29, 1.82) is 0 Å². The first-order chi connectivity index (χ1) is 7.18. The van der Waals surface area contributed by atoms with E-state index in [0.29, 0.717) is 0 Å². The van der Waals surface area contributed by atoms with Crippen LogP contribution in [-0.2, 0) is 4.74 Å². The van der Waals surface area contributed by atoms with Gasteiger partial charge in [-0.2, -0.15) is 11.8 Å². The summed E-state index contributed by atoms with van der Waals surface area (Å²) in [5.41, 5.74) is 0. The second kappa shape index (κ2) is 9.05. The summed E-state index contributed by atoms with van der Waals surface area (Å²) < 4.78 is 5.45. The molecule has 0 radical (unpaired) electrons. The van der Waals surface area contributed by atoms with E-state index in [0.717, 1.165) is 25.9 Å². The minimum absolute atomic E-state index is 0.222. The monoisotopic (exact) mass is 228 g/mol. The van der Waals surface area contributed by atoms with Crippen LogP contribution < -0.4 is 0 Å². The summed E-state index contributed by atoms with van der Waals surface area (Å²) in [6.45, 7) is 5.21. The number of ether oxygens (including phenoxy) is 1. The molecular weight excluding hydrogens is 204 g/mol. The van der Waals surface area contributed by atoms with E-state index < -0.39 is 0 Å². The van der Waals surface area contributed by atoms with Crippen LogP contribution in [0, 0.1) is 0 Å². The first kappa shape index (κ1) is 14.8. The fraction of sp³-hybridized carbons (Fsp3) is 0.692. The van der Waals surface area contributed by atoms with Crippen LogP contribution in [0.5, 0.6) is 0 Å². The summed E-state index contributed by atoms with van der Waals surface area (Å²) in [5.74, 6) is 0. The number of methoxy groups -OCH3 is 1. The molecule has 0 bridgehead atoms. The number of rotatable bonds is 8. The van der Waals surface area contributed by atoms with Crippen molar-refractivity contribution in [2.24, 2.45) is 0 Å². The van der Waals surface area contributed by atoms with Gasteiger partial charge in [-0.1, -0.05) is 31.2 Å². The topological polar surface area (TPSA) is 9.23 Å². The van der Waals surface area contributed by atoms with Crippen LogP contribution in [0.4, 0.5) is 0 Å². The second-order valence-corrected chi connectivity index (χ2v) is 5.27. The third-order valence-corrected chi connectivity index (χ3v) is 3.60. The minimum Gasteiger partial charge on any atom is -0.383 e. The molecule has 0 spiro atoms. The summed E-state index contributed by atoms with van der Waals surface area (Å²) in [4.78, 5) is 0. The normalized spacial score (nSPS) is 16.3. The van der Waals surface area contributed by atoms with E-state index in [1.165, 1.54) is 0 Å². The van der Waals surface area contributed by atoms with Crippen molar-refractivity contribution in [3.63, 3.8) is 0 Å². The maximum Gasteiger partial charge on any atom is 0.0609 e. The maximum absolute atomic E-state index is 5.22. The summed E-state index contributed by atoms with van der Waals surface area (Å²) in [6.07, 6.45) is 14.3. The molecule has 0 aromatic rings. The van der Waals surface area contributed by atoms with Crippen molar-refractivity contribution in [2.75, 3.05) is 20.0 Å². The van der Waals surface area contributed by atoms with Crippen LogP contribution in [0.1, 0.15) is 33.1 Å². The Kier molecular flexibility index (Phi) is 8.92. The molecule has 0 rings (SSSR count). The van der Waals surface area contributed by atoms with Gasteiger partial charge in [-0.15, -0.1) is 0 Å². The molecule has 0 saturated carbocycles. The SMILES string of the molecule is CC/C=C\C/C=C\CC(C)(COC)SC. The van der Waals surface area contributed by atoms with Crippen molar-refractivity contribution >= 4 is 11.8 Å². The molecular formula is C13H24OS. The number of allylic oxidation sites excluding steroid dienone is 4. The lowest BCUT2D eigenvalue weighted by Gasteiger charge is -2.24. The molecule has 1 unspecified atom stereocenters. The van der Waals surface area contributed by atoms with Gasteiger partial charge in [-0.05, 0) is 32.4 Å². The maximum atomic E-state index is 5.22. The van der Waals surface area contributed by atoms with E-state index >= 15 is 0 Å². The van der Waals surface area contributed by atoms with Gasteiger partial charge in [0.05, 0.1) is 6.61 Å². The van der Waals surface area contributed by atoms with Crippen LogP contribution in [0.15, 0.2) is 24.3 Å². The van der Waals surface area contributed by atoms with Crippen LogP contribution in [0.25, 0.3) is 0 Å². The van der Waals surface area contributed by atoms with Crippen LogP contribution >= 0.6 is 11.8 Å². The molecule has 0 aromatic carbocycles. The number of hydrogen-bond acceptors (Lipinski definition) is 2. The first-order valence-electron chi connectivity index (χ1n) is 5.52. The smallest absolute Gasteiger partial charge is 0.0609 e. The molecule has 0 fully saturated rings. The zero-order valence-corrected chi connectivity index (χ0v) is 11.3. The number of hydrogen-bond donors (Lipinski definition) is 0. The Hall–Kier alpha value is -0.210. The highest BCUT2D eigenvalue weighted by Gasteiger charge is 2.20. The fourth-order valence-electron chi connectivity index (χ4n) is 1.28. The molecule has 0 amide bonds. The Morgan fingerprint density at radius 1 is 1.20 bits per heavy atom. The van der Waals surface area contributed by atoms with E-state index in [-0.39, 0.29) is 4.75 Å². The highest BCUT2D eigenvalue weighted by molar-refractivity contribution is 8.00. The van der Waals surface area contributed by atoms with Crippen LogP contribution in [0.2, 0.25) is 0 Å². The molecule has 88 valence electrons. The molecule has 2 heteroatoms. The Morgan fingerprint density at radius 2 is 1.87 bits per heavy atom. The Balaban J connectivity index is 3.84. The summed E-state index contributed by atoms with van der Waals surface area (Å²) in [6, 6.07) is 0. The van der Waals surface area contributed by atoms with Crippen molar-refractivity contribution in [1.82, 2.24) is 0 Å². The van der Waals surface area contributed by atoms with E-state index in [1.807, 2.05) is 11.8 Å². The molecule has 0 aliphatic carbocycles. The van der Waals surface area contributed by atoms with E-state index in [9.17, 15) is 0 Å². The summed E-state index contributed by atoms with van der Waals surface area (Å²) in [5, 5.41) is 0. The van der Waals surface area contributed by atoms with Gasteiger partial charge in [0.2, 0.25) is 0 Å². The second-order valence-electron chi connectivity index (χ2n) is 3.88. The van der Waals surface area contributed by atoms with Gasteiger partial charge in [0.15, 0.2) is 0 Å². The van der Waals surface area contributed by atoms with Gasteiger partial charge in [-0.25, -0.2) is 0 Å². The van der Waals surface area contributed by atoms with Crippen LogP contribution in [-0.4, -0.2) is 24.7 Å². The largest absolute Gasteiger partial charge is 0.383 e. The molecule has 1 atom stereocenters.